The van der Waals surface area contributed by atoms with Crippen LogP contribution in [0.25, 0.3) is 10.6 Å². The molecular formula is C18H21N3O4S2. The number of benzene rings is 1. The van der Waals surface area contributed by atoms with Crippen molar-refractivity contribution in [2.45, 2.75) is 11.4 Å². The van der Waals surface area contributed by atoms with Gasteiger partial charge in [-0.05, 0) is 17.0 Å². The van der Waals surface area contributed by atoms with Crippen molar-refractivity contribution in [2.75, 3.05) is 26.3 Å². The minimum absolute atomic E-state index is 0.0720. The number of nitrogens with zero attached hydrogens (tertiary/aromatic N) is 3. The third-order valence-corrected chi connectivity index (χ3v) is 6.76. The maximum Gasteiger partial charge on any atom is 0.247 e. The standard InChI is InChI=1S/C18H21N3O4S2/c22-10-8-21(9-11-23)27(24,25)17-14-20(13-15-5-2-1-3-6-15)19-18(17)16-7-4-12-26-16/h1-7,12,14,22-23H,8-11,13H2. The fraction of sp³-hybridized carbons (Fsp3) is 0.278. The van der Waals surface area contributed by atoms with Crippen molar-refractivity contribution < 1.29 is 18.6 Å². The molecule has 0 aliphatic heterocycles. The number of aliphatic hydroxyl groups is 2. The highest BCUT2D eigenvalue weighted by Crippen LogP contribution is 2.31. The number of sulfonamides is 1. The summed E-state index contributed by atoms with van der Waals surface area (Å²) in [7, 11) is -3.92. The van der Waals surface area contributed by atoms with Crippen molar-refractivity contribution in [1.29, 1.82) is 0 Å². The molecule has 0 saturated carbocycles. The van der Waals surface area contributed by atoms with Crippen LogP contribution in [-0.4, -0.2) is 59.0 Å². The highest BCUT2D eigenvalue weighted by Gasteiger charge is 2.30. The summed E-state index contributed by atoms with van der Waals surface area (Å²) in [5.74, 6) is 0. The van der Waals surface area contributed by atoms with E-state index in [-0.39, 0.29) is 31.2 Å². The molecule has 0 radical (unpaired) electrons. The van der Waals surface area contributed by atoms with Gasteiger partial charge in [0.05, 0.1) is 24.6 Å². The van der Waals surface area contributed by atoms with E-state index in [9.17, 15) is 18.6 Å². The monoisotopic (exact) mass is 407 g/mol. The van der Waals surface area contributed by atoms with Gasteiger partial charge in [0.1, 0.15) is 10.6 Å². The van der Waals surface area contributed by atoms with Gasteiger partial charge in [0.15, 0.2) is 0 Å². The van der Waals surface area contributed by atoms with E-state index in [1.165, 1.54) is 17.5 Å². The van der Waals surface area contributed by atoms with Crippen LogP contribution in [0, 0.1) is 0 Å². The summed E-state index contributed by atoms with van der Waals surface area (Å²) in [6.45, 7) is -0.389. The molecule has 0 atom stereocenters. The van der Waals surface area contributed by atoms with Crippen LogP contribution in [-0.2, 0) is 16.6 Å². The zero-order valence-corrected chi connectivity index (χ0v) is 16.2. The summed E-state index contributed by atoms with van der Waals surface area (Å²) in [5.41, 5.74) is 1.38. The fourth-order valence-electron chi connectivity index (χ4n) is 2.74. The Morgan fingerprint density at radius 2 is 1.74 bits per heavy atom. The van der Waals surface area contributed by atoms with E-state index >= 15 is 0 Å². The smallest absolute Gasteiger partial charge is 0.247 e. The Bertz CT molecular complexity index is 948. The van der Waals surface area contributed by atoms with E-state index in [4.69, 9.17) is 0 Å². The lowest BCUT2D eigenvalue weighted by Crippen LogP contribution is -2.36. The second kappa shape index (κ2) is 8.77. The molecule has 0 unspecified atom stereocenters. The topological polar surface area (TPSA) is 95.7 Å². The molecule has 9 heteroatoms. The Morgan fingerprint density at radius 3 is 2.33 bits per heavy atom. The number of rotatable bonds is 9. The molecule has 0 aliphatic carbocycles. The van der Waals surface area contributed by atoms with Crippen molar-refractivity contribution >= 4 is 21.4 Å². The molecule has 2 aromatic heterocycles. The third kappa shape index (κ3) is 4.45. The molecular weight excluding hydrogens is 386 g/mol. The zero-order valence-electron chi connectivity index (χ0n) is 14.6. The summed E-state index contributed by atoms with van der Waals surface area (Å²) in [5, 5.41) is 24.8. The van der Waals surface area contributed by atoms with Crippen LogP contribution in [0.1, 0.15) is 5.56 Å². The molecule has 0 fully saturated rings. The molecule has 27 heavy (non-hydrogen) atoms. The second-order valence-electron chi connectivity index (χ2n) is 5.85. The third-order valence-electron chi connectivity index (χ3n) is 3.99. The molecule has 0 bridgehead atoms. The molecule has 0 amide bonds. The second-order valence-corrected chi connectivity index (χ2v) is 8.71. The van der Waals surface area contributed by atoms with Gasteiger partial charge in [-0.2, -0.15) is 9.40 Å². The largest absolute Gasteiger partial charge is 0.395 e. The first-order chi connectivity index (χ1) is 13.1. The molecule has 2 heterocycles. The molecule has 0 saturated heterocycles. The summed E-state index contributed by atoms with van der Waals surface area (Å²) in [4.78, 5) is 0.816. The minimum Gasteiger partial charge on any atom is -0.395 e. The Labute approximate surface area is 162 Å². The maximum absolute atomic E-state index is 13.1. The normalized spacial score (nSPS) is 12.0. The first-order valence-electron chi connectivity index (χ1n) is 8.43. The molecule has 3 rings (SSSR count). The van der Waals surface area contributed by atoms with Gasteiger partial charge in [-0.3, -0.25) is 4.68 Å². The lowest BCUT2D eigenvalue weighted by atomic mass is 10.2. The number of aliphatic hydroxyl groups excluding tert-OH is 2. The highest BCUT2D eigenvalue weighted by molar-refractivity contribution is 7.89. The average Bonchev–Trinajstić information content (AvgIpc) is 3.32. The predicted molar refractivity (Wildman–Crippen MR) is 104 cm³/mol. The first kappa shape index (κ1) is 19.7. The number of hydrogen-bond acceptors (Lipinski definition) is 6. The molecule has 0 aliphatic rings. The van der Waals surface area contributed by atoms with Gasteiger partial charge in [-0.1, -0.05) is 36.4 Å². The van der Waals surface area contributed by atoms with E-state index < -0.39 is 10.0 Å². The zero-order chi connectivity index (χ0) is 19.3. The number of thiophene rings is 1. The van der Waals surface area contributed by atoms with Crippen molar-refractivity contribution in [2.24, 2.45) is 0 Å². The van der Waals surface area contributed by atoms with Crippen molar-refractivity contribution in [1.82, 2.24) is 14.1 Å². The Hall–Kier alpha value is -2.04. The van der Waals surface area contributed by atoms with Gasteiger partial charge in [0.25, 0.3) is 0 Å². The summed E-state index contributed by atoms with van der Waals surface area (Å²) >= 11 is 1.41. The van der Waals surface area contributed by atoms with E-state index in [1.807, 2.05) is 47.8 Å². The quantitative estimate of drug-likeness (QED) is 0.562. The Balaban J connectivity index is 2.04. The number of aromatic nitrogens is 2. The lowest BCUT2D eigenvalue weighted by molar-refractivity contribution is 0.217. The molecule has 144 valence electrons. The Kier molecular flexibility index (Phi) is 6.40. The Morgan fingerprint density at radius 1 is 1.04 bits per heavy atom. The van der Waals surface area contributed by atoms with E-state index in [2.05, 4.69) is 5.10 Å². The van der Waals surface area contributed by atoms with E-state index in [0.717, 1.165) is 14.7 Å². The van der Waals surface area contributed by atoms with Gasteiger partial charge in [0.2, 0.25) is 10.0 Å². The summed E-state index contributed by atoms with van der Waals surface area (Å²) < 4.78 is 29.0. The van der Waals surface area contributed by atoms with Gasteiger partial charge in [-0.15, -0.1) is 11.3 Å². The maximum atomic E-state index is 13.1. The molecule has 1 aromatic carbocycles. The van der Waals surface area contributed by atoms with Crippen LogP contribution in [0.5, 0.6) is 0 Å². The van der Waals surface area contributed by atoms with Gasteiger partial charge < -0.3 is 10.2 Å². The van der Waals surface area contributed by atoms with Crippen LogP contribution < -0.4 is 0 Å². The first-order valence-corrected chi connectivity index (χ1v) is 10.8. The van der Waals surface area contributed by atoms with Gasteiger partial charge in [0, 0.05) is 19.3 Å². The van der Waals surface area contributed by atoms with Crippen LogP contribution in [0.4, 0.5) is 0 Å². The predicted octanol–water partition coefficient (Wildman–Crippen LogP) is 1.64. The molecule has 7 nitrogen and oxygen atoms in total. The van der Waals surface area contributed by atoms with Crippen LogP contribution in [0.3, 0.4) is 0 Å². The minimum atomic E-state index is -3.92. The summed E-state index contributed by atoms with van der Waals surface area (Å²) in [6.07, 6.45) is 1.51. The molecule has 2 N–H and O–H groups in total. The van der Waals surface area contributed by atoms with Crippen molar-refractivity contribution in [3.05, 3.63) is 59.6 Å². The summed E-state index contributed by atoms with van der Waals surface area (Å²) in [6, 6.07) is 13.3. The van der Waals surface area contributed by atoms with Crippen LogP contribution in [0.2, 0.25) is 0 Å². The van der Waals surface area contributed by atoms with Crippen LogP contribution >= 0.6 is 11.3 Å². The van der Waals surface area contributed by atoms with Crippen molar-refractivity contribution in [3.63, 3.8) is 0 Å². The number of hydrogen-bond donors (Lipinski definition) is 2. The van der Waals surface area contributed by atoms with E-state index in [0.29, 0.717) is 12.2 Å². The van der Waals surface area contributed by atoms with Gasteiger partial charge >= 0.3 is 0 Å². The highest BCUT2D eigenvalue weighted by atomic mass is 32.2. The van der Waals surface area contributed by atoms with Crippen LogP contribution in [0.15, 0.2) is 58.9 Å². The fourth-order valence-corrected chi connectivity index (χ4v) is 5.10. The molecule has 0 spiro atoms. The lowest BCUT2D eigenvalue weighted by Gasteiger charge is -2.19. The van der Waals surface area contributed by atoms with Crippen molar-refractivity contribution in [3.8, 4) is 10.6 Å². The van der Waals surface area contributed by atoms with Gasteiger partial charge in [-0.25, -0.2) is 8.42 Å². The van der Waals surface area contributed by atoms with E-state index in [1.54, 1.807) is 4.68 Å². The average molecular weight is 408 g/mol. The SMILES string of the molecule is O=S(=O)(c1cn(Cc2ccccc2)nc1-c1cccs1)N(CCO)CCO. The molecule has 3 aromatic rings.